The molecule has 6 rings (SSSR count). The minimum absolute atomic E-state index is 0.0310. The molecule has 2 bridgehead atoms. The molecule has 0 N–H and O–H groups in total. The summed E-state index contributed by atoms with van der Waals surface area (Å²) in [6.45, 7) is 4.39. The Morgan fingerprint density at radius 1 is 0.947 bits per heavy atom. The van der Waals surface area contributed by atoms with Crippen molar-refractivity contribution in [3.05, 3.63) is 70.0 Å². The zero-order valence-electron chi connectivity index (χ0n) is 22.1. The lowest BCUT2D eigenvalue weighted by molar-refractivity contribution is -0.266. The van der Waals surface area contributed by atoms with Gasteiger partial charge in [-0.15, -0.1) is 0 Å². The first-order chi connectivity index (χ1) is 18.1. The number of carbonyl (C=O) groups excluding carboxylic acids is 3. The standard InChI is InChI=1S/C30H31NO7/c1-29(2)15-21(32)25-24(16-29)37-30(10-7-11-31-27(33)18-8-5-6-9-19(18)28(31)34)14-17-12-22(35-3)23(36-4)13-20(17)26(25)38-30/h5-6,8-9,12-13,26H,7,10-11,14-16H2,1-4H3/t26-,30+/m0/s1. The number of allylic oxidation sites excluding steroid dienone is 1. The summed E-state index contributed by atoms with van der Waals surface area (Å²) in [5.74, 6) is 0.307. The number of nitrogens with zero attached hydrogens (tertiary/aromatic N) is 1. The van der Waals surface area contributed by atoms with E-state index in [1.165, 1.54) is 4.90 Å². The average molecular weight is 518 g/mol. The molecular weight excluding hydrogens is 486 g/mol. The summed E-state index contributed by atoms with van der Waals surface area (Å²) >= 11 is 0. The first-order valence-electron chi connectivity index (χ1n) is 13.0. The Kier molecular flexibility index (Phi) is 5.65. The monoisotopic (exact) mass is 517 g/mol. The van der Waals surface area contributed by atoms with Crippen LogP contribution in [0, 0.1) is 5.41 Å². The molecule has 0 radical (unpaired) electrons. The van der Waals surface area contributed by atoms with Crippen molar-refractivity contribution in [1.82, 2.24) is 4.90 Å². The highest BCUT2D eigenvalue weighted by molar-refractivity contribution is 6.21. The highest BCUT2D eigenvalue weighted by Gasteiger charge is 2.52. The van der Waals surface area contributed by atoms with Gasteiger partial charge in [0.1, 0.15) is 11.9 Å². The summed E-state index contributed by atoms with van der Waals surface area (Å²) in [7, 11) is 3.17. The number of hydrogen-bond donors (Lipinski definition) is 0. The zero-order chi connectivity index (χ0) is 26.8. The van der Waals surface area contributed by atoms with E-state index in [2.05, 4.69) is 13.8 Å². The predicted octanol–water partition coefficient (Wildman–Crippen LogP) is 4.76. The van der Waals surface area contributed by atoms with E-state index in [1.54, 1.807) is 38.5 Å². The number of imide groups is 1. The quantitative estimate of drug-likeness (QED) is 0.510. The Morgan fingerprint density at radius 3 is 2.26 bits per heavy atom. The molecule has 2 amide bonds. The lowest BCUT2D eigenvalue weighted by Crippen LogP contribution is -2.50. The molecule has 2 aromatic rings. The second kappa shape index (κ2) is 8.70. The van der Waals surface area contributed by atoms with Gasteiger partial charge in [-0.25, -0.2) is 0 Å². The molecule has 198 valence electrons. The van der Waals surface area contributed by atoms with Gasteiger partial charge in [0.15, 0.2) is 17.3 Å². The molecule has 0 saturated heterocycles. The molecule has 0 spiro atoms. The van der Waals surface area contributed by atoms with Crippen LogP contribution in [0.1, 0.15) is 77.5 Å². The van der Waals surface area contributed by atoms with Crippen LogP contribution in [-0.4, -0.2) is 49.0 Å². The van der Waals surface area contributed by atoms with Crippen LogP contribution in [0.5, 0.6) is 11.5 Å². The van der Waals surface area contributed by atoms with Gasteiger partial charge in [-0.1, -0.05) is 26.0 Å². The Labute approximate surface area is 221 Å². The second-order valence-electron chi connectivity index (χ2n) is 11.3. The van der Waals surface area contributed by atoms with Crippen LogP contribution in [0.4, 0.5) is 0 Å². The van der Waals surface area contributed by atoms with Crippen molar-refractivity contribution in [2.45, 2.75) is 57.8 Å². The predicted molar refractivity (Wildman–Crippen MR) is 137 cm³/mol. The van der Waals surface area contributed by atoms with E-state index in [-0.39, 0.29) is 29.6 Å². The highest BCUT2D eigenvalue weighted by atomic mass is 16.7. The number of benzene rings is 2. The van der Waals surface area contributed by atoms with Crippen molar-refractivity contribution in [3.8, 4) is 11.5 Å². The maximum Gasteiger partial charge on any atom is 0.261 e. The number of carbonyl (C=O) groups is 3. The number of hydrogen-bond acceptors (Lipinski definition) is 7. The van der Waals surface area contributed by atoms with Crippen LogP contribution in [0.2, 0.25) is 0 Å². The van der Waals surface area contributed by atoms with Crippen molar-refractivity contribution < 1.29 is 33.3 Å². The van der Waals surface area contributed by atoms with Gasteiger partial charge in [-0.2, -0.15) is 0 Å². The Morgan fingerprint density at radius 2 is 1.61 bits per heavy atom. The van der Waals surface area contributed by atoms with E-state index >= 15 is 0 Å². The van der Waals surface area contributed by atoms with Crippen LogP contribution in [0.3, 0.4) is 0 Å². The first kappa shape index (κ1) is 24.7. The van der Waals surface area contributed by atoms with E-state index in [4.69, 9.17) is 18.9 Å². The molecule has 2 aromatic carbocycles. The molecule has 3 aliphatic heterocycles. The van der Waals surface area contributed by atoms with Crippen molar-refractivity contribution in [2.75, 3.05) is 20.8 Å². The summed E-state index contributed by atoms with van der Waals surface area (Å²) in [6, 6.07) is 10.7. The van der Waals surface area contributed by atoms with Crippen LogP contribution in [0.15, 0.2) is 47.7 Å². The fraction of sp³-hybridized carbons (Fsp3) is 0.433. The second-order valence-corrected chi connectivity index (χ2v) is 11.3. The minimum atomic E-state index is -1.03. The highest BCUT2D eigenvalue weighted by Crippen LogP contribution is 2.54. The van der Waals surface area contributed by atoms with E-state index in [0.717, 1.165) is 11.1 Å². The molecule has 2 atom stereocenters. The molecule has 0 fully saturated rings. The number of rotatable bonds is 6. The normalized spacial score (nSPS) is 25.0. The number of ether oxygens (including phenoxy) is 4. The number of amides is 2. The maximum atomic E-state index is 13.3. The maximum absolute atomic E-state index is 13.3. The van der Waals surface area contributed by atoms with Gasteiger partial charge in [-0.05, 0) is 47.2 Å². The number of Topliss-reactive ketones (excluding diaryl/α,β-unsaturated/α-hetero) is 1. The third-order valence-corrected chi connectivity index (χ3v) is 7.99. The molecule has 3 heterocycles. The fourth-order valence-corrected chi connectivity index (χ4v) is 6.25. The lowest BCUT2D eigenvalue weighted by atomic mass is 9.72. The van der Waals surface area contributed by atoms with Gasteiger partial charge in [-0.3, -0.25) is 19.3 Å². The third kappa shape index (κ3) is 3.81. The Bertz CT molecular complexity index is 1370. The van der Waals surface area contributed by atoms with Gasteiger partial charge in [0, 0.05) is 32.2 Å². The van der Waals surface area contributed by atoms with Crippen molar-refractivity contribution in [3.63, 3.8) is 0 Å². The number of fused-ring (bicyclic) bond motifs is 6. The number of ketones is 1. The van der Waals surface area contributed by atoms with Crippen LogP contribution < -0.4 is 9.47 Å². The van der Waals surface area contributed by atoms with Gasteiger partial charge in [0.2, 0.25) is 5.79 Å². The summed E-state index contributed by atoms with van der Waals surface area (Å²) in [6.07, 6.45) is 1.84. The summed E-state index contributed by atoms with van der Waals surface area (Å²) in [5.41, 5.74) is 3.07. The van der Waals surface area contributed by atoms with Gasteiger partial charge < -0.3 is 18.9 Å². The smallest absolute Gasteiger partial charge is 0.261 e. The average Bonchev–Trinajstić information content (AvgIpc) is 3.11. The van der Waals surface area contributed by atoms with Crippen LogP contribution in [-0.2, 0) is 20.7 Å². The Hall–Kier alpha value is -3.65. The fourth-order valence-electron chi connectivity index (χ4n) is 6.25. The number of methoxy groups -OCH3 is 2. The van der Waals surface area contributed by atoms with Crippen LogP contribution >= 0.6 is 0 Å². The molecule has 8 heteroatoms. The molecule has 38 heavy (non-hydrogen) atoms. The van der Waals surface area contributed by atoms with E-state index < -0.39 is 11.9 Å². The largest absolute Gasteiger partial charge is 0.493 e. The van der Waals surface area contributed by atoms with E-state index in [9.17, 15) is 14.4 Å². The van der Waals surface area contributed by atoms with Gasteiger partial charge in [0.05, 0.1) is 30.9 Å². The van der Waals surface area contributed by atoms with Gasteiger partial charge in [0.25, 0.3) is 11.8 Å². The molecule has 0 aromatic heterocycles. The lowest BCUT2D eigenvalue weighted by Gasteiger charge is -2.50. The molecule has 1 aliphatic carbocycles. The topological polar surface area (TPSA) is 91.4 Å². The summed E-state index contributed by atoms with van der Waals surface area (Å²) < 4.78 is 24.3. The first-order valence-corrected chi connectivity index (χ1v) is 13.0. The molecule has 8 nitrogen and oxygen atoms in total. The van der Waals surface area contributed by atoms with Crippen molar-refractivity contribution in [2.24, 2.45) is 5.41 Å². The van der Waals surface area contributed by atoms with Gasteiger partial charge >= 0.3 is 0 Å². The minimum Gasteiger partial charge on any atom is -0.493 e. The summed E-state index contributed by atoms with van der Waals surface area (Å²) in [4.78, 5) is 40.4. The van der Waals surface area contributed by atoms with Crippen molar-refractivity contribution >= 4 is 17.6 Å². The van der Waals surface area contributed by atoms with Crippen LogP contribution in [0.25, 0.3) is 0 Å². The molecular formula is C30H31NO7. The van der Waals surface area contributed by atoms with Crippen molar-refractivity contribution in [1.29, 1.82) is 0 Å². The SMILES string of the molecule is COc1cc2c(cc1OC)[C@@H]1O[C@](CCCN3C(=O)c4ccccc4C3=O)(C2)OC2=C1C(=O)CC(C)(C)C2. The zero-order valence-corrected chi connectivity index (χ0v) is 22.1. The van der Waals surface area contributed by atoms with E-state index in [1.807, 2.05) is 12.1 Å². The Balaban J connectivity index is 1.32. The molecule has 0 saturated carbocycles. The molecule has 4 aliphatic rings. The third-order valence-electron chi connectivity index (χ3n) is 7.99. The van der Waals surface area contributed by atoms with E-state index in [0.29, 0.717) is 66.1 Å². The molecule has 0 unspecified atom stereocenters. The summed E-state index contributed by atoms with van der Waals surface area (Å²) in [5, 5.41) is 0.